The van der Waals surface area contributed by atoms with Crippen LogP contribution < -0.4 is 5.36 Å². The number of hydrogen-bond donors (Lipinski definition) is 0. The first-order valence-corrected chi connectivity index (χ1v) is 5.67. The lowest BCUT2D eigenvalue weighted by atomic mass is 10.1. The minimum atomic E-state index is 0.696. The van der Waals surface area contributed by atoms with E-state index < -0.39 is 0 Å². The molecule has 0 aliphatic rings. The van der Waals surface area contributed by atoms with Gasteiger partial charge in [0.1, 0.15) is 0 Å². The zero-order valence-corrected chi connectivity index (χ0v) is 9.91. The van der Waals surface area contributed by atoms with Gasteiger partial charge in [0, 0.05) is 17.8 Å². The number of diazo groups is 1. The summed E-state index contributed by atoms with van der Waals surface area (Å²) in [6.07, 6.45) is 0. The van der Waals surface area contributed by atoms with Crippen molar-refractivity contribution in [1.29, 1.82) is 5.39 Å². The van der Waals surface area contributed by atoms with Crippen LogP contribution in [0, 0.1) is 5.39 Å². The highest BCUT2D eigenvalue weighted by Crippen LogP contribution is 2.17. The standard InChI is InChI=1S/C14H11N4/c1-18-12-8-4-2-6-10(12)14(16-17-15)11-7-3-5-9-13(11)18/h2-9H,1H3/q+1. The number of para-hydroxylation sites is 2. The summed E-state index contributed by atoms with van der Waals surface area (Å²) in [5.41, 5.74) is 2.11. The number of hydrogen-bond acceptors (Lipinski definition) is 2. The molecule has 0 saturated carbocycles. The maximum atomic E-state index is 8.76. The Hall–Kier alpha value is -2.67. The Morgan fingerprint density at radius 2 is 1.44 bits per heavy atom. The second-order valence-corrected chi connectivity index (χ2v) is 4.13. The molecule has 0 aliphatic carbocycles. The molecule has 18 heavy (non-hydrogen) atoms. The summed E-state index contributed by atoms with van der Waals surface area (Å²) < 4.78 is 2.11. The number of benzene rings is 2. The molecule has 0 saturated heterocycles. The van der Waals surface area contributed by atoms with E-state index in [9.17, 15) is 0 Å². The average Bonchev–Trinajstić information content (AvgIpc) is 2.43. The summed E-state index contributed by atoms with van der Waals surface area (Å²) in [4.78, 5) is 0. The van der Waals surface area contributed by atoms with Gasteiger partial charge in [-0.15, -0.1) is 0 Å². The molecule has 3 rings (SSSR count). The molecule has 0 unspecified atom stereocenters. The first-order chi connectivity index (χ1) is 8.83. The van der Waals surface area contributed by atoms with Crippen molar-refractivity contribution in [1.82, 2.24) is 4.57 Å². The predicted molar refractivity (Wildman–Crippen MR) is 71.1 cm³/mol. The van der Waals surface area contributed by atoms with Crippen LogP contribution in [0.5, 0.6) is 0 Å². The Bertz CT molecular complexity index is 793. The van der Waals surface area contributed by atoms with E-state index in [1.165, 1.54) is 0 Å². The highest BCUT2D eigenvalue weighted by atomic mass is 15.2. The van der Waals surface area contributed by atoms with Gasteiger partial charge in [-0.25, -0.2) is 0 Å². The van der Waals surface area contributed by atoms with Gasteiger partial charge >= 0.3 is 5.08 Å². The third-order valence-electron chi connectivity index (χ3n) is 3.19. The predicted octanol–water partition coefficient (Wildman–Crippen LogP) is 3.00. The molecular weight excluding hydrogens is 224 g/mol. The smallest absolute Gasteiger partial charge is 0.339 e. The maximum Gasteiger partial charge on any atom is 0.339 e. The maximum absolute atomic E-state index is 8.76. The number of aryl methyl sites for hydroxylation is 1. The van der Waals surface area contributed by atoms with Crippen molar-refractivity contribution < 1.29 is 0 Å². The fourth-order valence-electron chi connectivity index (χ4n) is 2.36. The van der Waals surface area contributed by atoms with E-state index in [-0.39, 0.29) is 0 Å². The molecule has 0 N–H and O–H groups in total. The van der Waals surface area contributed by atoms with Crippen LogP contribution in [-0.4, -0.2) is 4.57 Å². The van der Waals surface area contributed by atoms with Gasteiger partial charge < -0.3 is 4.57 Å². The second kappa shape index (κ2) is 3.97. The summed E-state index contributed by atoms with van der Waals surface area (Å²) in [5, 5.41) is 18.2. The monoisotopic (exact) mass is 235 g/mol. The number of aromatic nitrogens is 1. The van der Waals surface area contributed by atoms with Gasteiger partial charge in [-0.2, -0.15) is 0 Å². The topological polar surface area (TPSA) is 45.4 Å². The molecule has 4 heteroatoms. The largest absolute Gasteiger partial charge is 0.344 e. The highest BCUT2D eigenvalue weighted by molar-refractivity contribution is 5.93. The Labute approximate surface area is 103 Å². The number of rotatable bonds is 0. The third-order valence-corrected chi connectivity index (χ3v) is 3.19. The fraction of sp³-hybridized carbons (Fsp3) is 0.0714. The van der Waals surface area contributed by atoms with Crippen molar-refractivity contribution in [2.75, 3.05) is 0 Å². The molecule has 0 radical (unpaired) electrons. The molecule has 3 aromatic rings. The van der Waals surface area contributed by atoms with Crippen LogP contribution in [0.1, 0.15) is 0 Å². The lowest BCUT2D eigenvalue weighted by Crippen LogP contribution is -2.10. The Morgan fingerprint density at radius 1 is 0.944 bits per heavy atom. The van der Waals surface area contributed by atoms with Crippen molar-refractivity contribution in [3.05, 3.63) is 59.0 Å². The summed E-state index contributed by atoms with van der Waals surface area (Å²) in [6, 6.07) is 15.9. The van der Waals surface area contributed by atoms with Crippen molar-refractivity contribution in [2.24, 2.45) is 12.1 Å². The molecule has 86 valence electrons. The summed E-state index contributed by atoms with van der Waals surface area (Å²) >= 11 is 0. The van der Waals surface area contributed by atoms with E-state index in [0.29, 0.717) is 5.36 Å². The van der Waals surface area contributed by atoms with Crippen molar-refractivity contribution >= 4 is 21.8 Å². The molecule has 1 aromatic heterocycles. The van der Waals surface area contributed by atoms with Crippen LogP contribution in [0.25, 0.3) is 26.9 Å². The van der Waals surface area contributed by atoms with Crippen LogP contribution >= 0.6 is 0 Å². The minimum absolute atomic E-state index is 0.696. The quantitative estimate of drug-likeness (QED) is 0.335. The molecule has 1 heterocycles. The first-order valence-electron chi connectivity index (χ1n) is 5.67. The SMILES string of the molecule is Cn1c2ccccc2c(=N[N+]#N)c2ccccc21. The van der Waals surface area contributed by atoms with Gasteiger partial charge in [0.2, 0.25) is 0 Å². The van der Waals surface area contributed by atoms with E-state index in [4.69, 9.17) is 5.39 Å². The van der Waals surface area contributed by atoms with Gasteiger partial charge in [-0.05, 0) is 12.1 Å². The van der Waals surface area contributed by atoms with Crippen LogP contribution in [0.15, 0.2) is 53.6 Å². The average molecular weight is 235 g/mol. The van der Waals surface area contributed by atoms with Crippen molar-refractivity contribution in [3.8, 4) is 0 Å². The summed E-state index contributed by atoms with van der Waals surface area (Å²) in [6.45, 7) is 0. The Kier molecular flexibility index (Phi) is 2.31. The molecule has 0 spiro atoms. The van der Waals surface area contributed by atoms with E-state index in [2.05, 4.69) is 14.8 Å². The number of fused-ring (bicyclic) bond motifs is 2. The van der Waals surface area contributed by atoms with Gasteiger partial charge in [0.05, 0.1) is 11.0 Å². The first kappa shape index (κ1) is 10.5. The number of nitrogens with zero attached hydrogens (tertiary/aromatic N) is 4. The lowest BCUT2D eigenvalue weighted by Gasteiger charge is -2.09. The molecule has 2 aromatic carbocycles. The molecular formula is C14H11N4+. The normalized spacial score (nSPS) is 10.4. The van der Waals surface area contributed by atoms with Crippen LogP contribution in [0.4, 0.5) is 0 Å². The molecule has 0 amide bonds. The van der Waals surface area contributed by atoms with Gasteiger partial charge in [-0.3, -0.25) is 0 Å². The zero-order chi connectivity index (χ0) is 12.5. The van der Waals surface area contributed by atoms with Crippen molar-refractivity contribution in [3.63, 3.8) is 0 Å². The van der Waals surface area contributed by atoms with E-state index in [0.717, 1.165) is 21.8 Å². The van der Waals surface area contributed by atoms with Gasteiger partial charge in [0.15, 0.2) is 10.5 Å². The number of pyridine rings is 1. The summed E-state index contributed by atoms with van der Waals surface area (Å²) in [7, 11) is 2.02. The minimum Gasteiger partial charge on any atom is -0.344 e. The zero-order valence-electron chi connectivity index (χ0n) is 9.91. The molecule has 0 atom stereocenters. The van der Waals surface area contributed by atoms with Gasteiger partial charge in [0.25, 0.3) is 5.39 Å². The Balaban J connectivity index is 2.74. The van der Waals surface area contributed by atoms with Gasteiger partial charge in [-0.1, -0.05) is 36.4 Å². The highest BCUT2D eigenvalue weighted by Gasteiger charge is 2.08. The van der Waals surface area contributed by atoms with Crippen LogP contribution in [0.2, 0.25) is 0 Å². The Morgan fingerprint density at radius 3 is 1.94 bits per heavy atom. The lowest BCUT2D eigenvalue weighted by molar-refractivity contribution is 1.00. The van der Waals surface area contributed by atoms with E-state index in [1.807, 2.05) is 55.6 Å². The van der Waals surface area contributed by atoms with Crippen LogP contribution in [0.3, 0.4) is 0 Å². The second-order valence-electron chi connectivity index (χ2n) is 4.13. The van der Waals surface area contributed by atoms with Crippen LogP contribution in [-0.2, 0) is 7.05 Å². The molecule has 0 bridgehead atoms. The summed E-state index contributed by atoms with van der Waals surface area (Å²) in [5.74, 6) is 0. The van der Waals surface area contributed by atoms with Crippen molar-refractivity contribution in [2.45, 2.75) is 0 Å². The van der Waals surface area contributed by atoms with E-state index in [1.54, 1.807) is 0 Å². The van der Waals surface area contributed by atoms with E-state index >= 15 is 0 Å². The molecule has 0 aliphatic heterocycles. The third kappa shape index (κ3) is 1.38. The fourth-order valence-corrected chi connectivity index (χ4v) is 2.36. The molecule has 4 nitrogen and oxygen atoms in total. The molecule has 0 fully saturated rings.